The maximum absolute atomic E-state index is 11.9. The van der Waals surface area contributed by atoms with Gasteiger partial charge in [-0.2, -0.15) is 0 Å². The van der Waals surface area contributed by atoms with Gasteiger partial charge in [0, 0.05) is 32.0 Å². The number of rotatable bonds is 3. The molecule has 1 saturated heterocycles. The molecule has 1 aliphatic heterocycles. The summed E-state index contributed by atoms with van der Waals surface area (Å²) in [6.45, 7) is 3.90. The van der Waals surface area contributed by atoms with Crippen molar-refractivity contribution in [1.82, 2.24) is 4.90 Å². The van der Waals surface area contributed by atoms with Gasteiger partial charge < -0.3 is 10.2 Å². The number of nitrogens with zero attached hydrogens (tertiary/aromatic N) is 1. The van der Waals surface area contributed by atoms with Crippen LogP contribution in [0.15, 0.2) is 0 Å². The van der Waals surface area contributed by atoms with Crippen molar-refractivity contribution >= 4 is 5.78 Å². The number of Topliss-reactive ketones (excluding diaryl/α,β-unsaturated/α-hetero) is 1. The Morgan fingerprint density at radius 3 is 2.53 bits per heavy atom. The first-order valence-corrected chi connectivity index (χ1v) is 6.71. The summed E-state index contributed by atoms with van der Waals surface area (Å²) in [5, 5.41) is 19.0. The molecule has 1 aliphatic carbocycles. The fraction of sp³-hybridized carbons (Fsp3) is 0.923. The highest BCUT2D eigenvalue weighted by molar-refractivity contribution is 5.81. The van der Waals surface area contributed by atoms with Crippen LogP contribution in [0.1, 0.15) is 32.6 Å². The highest BCUT2D eigenvalue weighted by Gasteiger charge is 2.34. The molecule has 2 N–H and O–H groups in total. The van der Waals surface area contributed by atoms with Crippen molar-refractivity contribution < 1.29 is 15.0 Å². The average Bonchev–Trinajstić information content (AvgIpc) is 2.61. The maximum Gasteiger partial charge on any atom is 0.137 e. The fourth-order valence-corrected chi connectivity index (χ4v) is 3.06. The summed E-state index contributed by atoms with van der Waals surface area (Å²) in [6, 6.07) is 0. The number of hydrogen-bond donors (Lipinski definition) is 2. The van der Waals surface area contributed by atoms with E-state index >= 15 is 0 Å². The van der Waals surface area contributed by atoms with E-state index in [9.17, 15) is 15.0 Å². The molecule has 4 heteroatoms. The van der Waals surface area contributed by atoms with Crippen LogP contribution in [0, 0.1) is 11.8 Å². The predicted molar refractivity (Wildman–Crippen MR) is 64.6 cm³/mol. The normalized spacial score (nSPS) is 39.8. The quantitative estimate of drug-likeness (QED) is 0.752. The second-order valence-corrected chi connectivity index (χ2v) is 5.57. The third kappa shape index (κ3) is 3.06. The van der Waals surface area contributed by atoms with Gasteiger partial charge in [0.15, 0.2) is 0 Å². The Labute approximate surface area is 103 Å². The summed E-state index contributed by atoms with van der Waals surface area (Å²) in [5.74, 6) is 1.16. The molecule has 0 aromatic rings. The van der Waals surface area contributed by atoms with Gasteiger partial charge in [-0.05, 0) is 18.8 Å². The van der Waals surface area contributed by atoms with E-state index in [1.807, 2.05) is 4.90 Å². The van der Waals surface area contributed by atoms with Gasteiger partial charge in [0.25, 0.3) is 0 Å². The van der Waals surface area contributed by atoms with Crippen LogP contribution in [0.5, 0.6) is 0 Å². The molecule has 4 unspecified atom stereocenters. The van der Waals surface area contributed by atoms with Crippen LogP contribution in [0.3, 0.4) is 0 Å². The minimum absolute atomic E-state index is 0.117. The predicted octanol–water partition coefficient (Wildman–Crippen LogP) is 0.419. The van der Waals surface area contributed by atoms with Crippen molar-refractivity contribution in [2.24, 2.45) is 11.8 Å². The van der Waals surface area contributed by atoms with Crippen LogP contribution in [-0.2, 0) is 4.79 Å². The second-order valence-electron chi connectivity index (χ2n) is 5.57. The van der Waals surface area contributed by atoms with Crippen LogP contribution in [0.25, 0.3) is 0 Å². The molecule has 2 fully saturated rings. The maximum atomic E-state index is 11.9. The van der Waals surface area contributed by atoms with Crippen molar-refractivity contribution in [3.05, 3.63) is 0 Å². The molecule has 2 rings (SSSR count). The monoisotopic (exact) mass is 241 g/mol. The largest absolute Gasteiger partial charge is 0.389 e. The third-order valence-electron chi connectivity index (χ3n) is 4.26. The van der Waals surface area contributed by atoms with E-state index in [1.54, 1.807) is 0 Å². The van der Waals surface area contributed by atoms with Crippen LogP contribution < -0.4 is 0 Å². The zero-order valence-electron chi connectivity index (χ0n) is 10.5. The number of carbonyl (C=O) groups excluding carboxylic acids is 1. The number of β-amino-alcohol motifs (C(OH)–C–C–N with tert-alkyl or cyclic N) is 2. The van der Waals surface area contributed by atoms with E-state index in [-0.39, 0.29) is 5.92 Å². The first-order chi connectivity index (χ1) is 8.10. The third-order valence-corrected chi connectivity index (χ3v) is 4.26. The average molecular weight is 241 g/mol. The summed E-state index contributed by atoms with van der Waals surface area (Å²) >= 11 is 0. The van der Waals surface area contributed by atoms with E-state index in [2.05, 4.69) is 6.92 Å². The zero-order chi connectivity index (χ0) is 12.4. The lowest BCUT2D eigenvalue weighted by atomic mass is 9.79. The molecule has 4 nitrogen and oxygen atoms in total. The highest BCUT2D eigenvalue weighted by Crippen LogP contribution is 2.29. The molecule has 1 heterocycles. The Bertz CT molecular complexity index is 272. The van der Waals surface area contributed by atoms with Crippen molar-refractivity contribution in [2.75, 3.05) is 19.6 Å². The Kier molecular flexibility index (Phi) is 4.17. The van der Waals surface area contributed by atoms with E-state index in [1.165, 1.54) is 0 Å². The highest BCUT2D eigenvalue weighted by atomic mass is 16.3. The van der Waals surface area contributed by atoms with Crippen molar-refractivity contribution in [1.29, 1.82) is 0 Å². The number of carbonyl (C=O) groups is 1. The Morgan fingerprint density at radius 1 is 1.29 bits per heavy atom. The topological polar surface area (TPSA) is 60.8 Å². The summed E-state index contributed by atoms with van der Waals surface area (Å²) in [7, 11) is 0. The lowest BCUT2D eigenvalue weighted by molar-refractivity contribution is -0.126. The Balaban J connectivity index is 1.87. The van der Waals surface area contributed by atoms with Crippen molar-refractivity contribution in [2.45, 2.75) is 44.8 Å². The van der Waals surface area contributed by atoms with Gasteiger partial charge in [0.1, 0.15) is 5.78 Å². The van der Waals surface area contributed by atoms with E-state index in [0.29, 0.717) is 37.8 Å². The van der Waals surface area contributed by atoms with Crippen LogP contribution >= 0.6 is 0 Å². The first kappa shape index (κ1) is 13.0. The standard InChI is InChI=1S/C13H23NO3/c1-2-9-3-4-11(15)10(5-9)6-14-7-12(16)13(17)8-14/h9-10,12-13,16-17H,2-8H2,1H3. The Hall–Kier alpha value is -0.450. The van der Waals surface area contributed by atoms with Crippen molar-refractivity contribution in [3.63, 3.8) is 0 Å². The van der Waals surface area contributed by atoms with Gasteiger partial charge >= 0.3 is 0 Å². The zero-order valence-corrected chi connectivity index (χ0v) is 10.5. The van der Waals surface area contributed by atoms with Gasteiger partial charge in [-0.25, -0.2) is 0 Å². The van der Waals surface area contributed by atoms with Crippen LogP contribution in [0.4, 0.5) is 0 Å². The summed E-state index contributed by atoms with van der Waals surface area (Å²) in [6.07, 6.45) is 2.60. The molecular weight excluding hydrogens is 218 g/mol. The SMILES string of the molecule is CCC1CCC(=O)C(CN2CC(O)C(O)C2)C1. The van der Waals surface area contributed by atoms with Gasteiger partial charge in [-0.1, -0.05) is 13.3 Å². The molecule has 2 aliphatic rings. The number of aliphatic hydroxyl groups excluding tert-OH is 2. The number of aliphatic hydroxyl groups is 2. The molecule has 0 amide bonds. The minimum atomic E-state index is -0.643. The second kappa shape index (κ2) is 5.46. The van der Waals surface area contributed by atoms with Gasteiger partial charge in [0.2, 0.25) is 0 Å². The summed E-state index contributed by atoms with van der Waals surface area (Å²) < 4.78 is 0. The molecular formula is C13H23NO3. The molecule has 0 aromatic carbocycles. The minimum Gasteiger partial charge on any atom is -0.389 e. The van der Waals surface area contributed by atoms with Gasteiger partial charge in [-0.15, -0.1) is 0 Å². The van der Waals surface area contributed by atoms with Gasteiger partial charge in [-0.3, -0.25) is 9.69 Å². The molecule has 17 heavy (non-hydrogen) atoms. The number of ketones is 1. The molecule has 0 bridgehead atoms. The molecule has 0 aromatic heterocycles. The van der Waals surface area contributed by atoms with E-state index in [0.717, 1.165) is 19.3 Å². The first-order valence-electron chi connectivity index (χ1n) is 6.71. The summed E-state index contributed by atoms with van der Waals surface area (Å²) in [4.78, 5) is 13.9. The number of hydrogen-bond acceptors (Lipinski definition) is 4. The molecule has 0 radical (unpaired) electrons. The fourth-order valence-electron chi connectivity index (χ4n) is 3.06. The molecule has 1 saturated carbocycles. The number of likely N-dealkylation sites (tertiary alicyclic amines) is 1. The molecule has 4 atom stereocenters. The molecule has 0 spiro atoms. The van der Waals surface area contributed by atoms with E-state index in [4.69, 9.17) is 0 Å². The van der Waals surface area contributed by atoms with Crippen LogP contribution in [0.2, 0.25) is 0 Å². The van der Waals surface area contributed by atoms with E-state index < -0.39 is 12.2 Å². The van der Waals surface area contributed by atoms with Crippen molar-refractivity contribution in [3.8, 4) is 0 Å². The van der Waals surface area contributed by atoms with Crippen LogP contribution in [-0.4, -0.2) is 52.7 Å². The lowest BCUT2D eigenvalue weighted by Gasteiger charge is -2.30. The van der Waals surface area contributed by atoms with Gasteiger partial charge in [0.05, 0.1) is 12.2 Å². The summed E-state index contributed by atoms with van der Waals surface area (Å²) in [5.41, 5.74) is 0. The molecule has 98 valence electrons. The lowest BCUT2D eigenvalue weighted by Crippen LogP contribution is -2.36. The Morgan fingerprint density at radius 2 is 1.94 bits per heavy atom. The smallest absolute Gasteiger partial charge is 0.137 e.